The third-order valence-corrected chi connectivity index (χ3v) is 12.2. The van der Waals surface area contributed by atoms with Gasteiger partial charge in [-0.3, -0.25) is 23.9 Å². The highest BCUT2D eigenvalue weighted by molar-refractivity contribution is 7.91. The molecule has 2 saturated carbocycles. The normalized spacial score (nSPS) is 25.8. The molecule has 14 heteroatoms. The number of carboxylic acids is 1. The minimum atomic E-state index is -3.90. The summed E-state index contributed by atoms with van der Waals surface area (Å²) in [6, 6.07) is 13.9. The Balaban J connectivity index is 1.31. The third kappa shape index (κ3) is 7.52. The van der Waals surface area contributed by atoms with Crippen molar-refractivity contribution in [3.63, 3.8) is 0 Å². The second kappa shape index (κ2) is 13.9. The number of sulfonamides is 1. The quantitative estimate of drug-likeness (QED) is 0.220. The average molecular weight is 735 g/mol. The number of anilines is 1. The van der Waals surface area contributed by atoms with E-state index < -0.39 is 80.3 Å². The van der Waals surface area contributed by atoms with Crippen LogP contribution in [0.4, 0.5) is 5.69 Å². The lowest BCUT2D eigenvalue weighted by Gasteiger charge is -2.34. The number of fused-ring (bicyclic) bond motifs is 1. The van der Waals surface area contributed by atoms with Crippen LogP contribution in [0.2, 0.25) is 0 Å². The van der Waals surface area contributed by atoms with Gasteiger partial charge in [0.2, 0.25) is 21.8 Å². The number of likely N-dealkylation sites (tertiary alicyclic amines) is 1. The molecule has 52 heavy (non-hydrogen) atoms. The van der Waals surface area contributed by atoms with Crippen LogP contribution in [0.15, 0.2) is 67.3 Å². The van der Waals surface area contributed by atoms with Crippen molar-refractivity contribution >= 4 is 45.2 Å². The number of carbonyl (C=O) groups is 4. The highest BCUT2D eigenvalue weighted by Crippen LogP contribution is 2.46. The summed E-state index contributed by atoms with van der Waals surface area (Å²) in [5, 5.41) is 15.4. The predicted octanol–water partition coefficient (Wildman–Crippen LogP) is 4.00. The molecule has 4 aliphatic rings. The first-order valence-electron chi connectivity index (χ1n) is 17.5. The first kappa shape index (κ1) is 36.9. The van der Waals surface area contributed by atoms with Crippen molar-refractivity contribution in [1.82, 2.24) is 14.9 Å². The van der Waals surface area contributed by atoms with Gasteiger partial charge in [0.1, 0.15) is 29.2 Å². The summed E-state index contributed by atoms with van der Waals surface area (Å²) in [6.45, 7) is 9.04. The summed E-state index contributed by atoms with van der Waals surface area (Å²) >= 11 is 0. The first-order chi connectivity index (χ1) is 24.6. The molecule has 0 spiro atoms. The molecule has 4 N–H and O–H groups in total. The molecular formula is C38H46N4O9S. The maximum atomic E-state index is 14.3. The number of hydrogen-bond donors (Lipinski definition) is 4. The molecule has 3 unspecified atom stereocenters. The van der Waals surface area contributed by atoms with Gasteiger partial charge in [0.05, 0.1) is 37.3 Å². The number of aliphatic carboxylic acids is 1. The molecule has 0 radical (unpaired) electrons. The van der Waals surface area contributed by atoms with E-state index in [1.54, 1.807) is 33.9 Å². The summed E-state index contributed by atoms with van der Waals surface area (Å²) in [6.07, 6.45) is 3.36. The zero-order valence-electron chi connectivity index (χ0n) is 29.8. The van der Waals surface area contributed by atoms with Gasteiger partial charge in [-0.25, -0.2) is 8.42 Å². The lowest BCUT2D eigenvalue weighted by Crippen LogP contribution is -2.57. The molecule has 2 aliphatic heterocycles. The Morgan fingerprint density at radius 3 is 2.44 bits per heavy atom. The van der Waals surface area contributed by atoms with Gasteiger partial charge < -0.3 is 30.1 Å². The fourth-order valence-corrected chi connectivity index (χ4v) is 8.45. The number of carbonyl (C=O) groups excluding carboxylic acids is 3. The van der Waals surface area contributed by atoms with E-state index in [0.29, 0.717) is 24.4 Å². The van der Waals surface area contributed by atoms with E-state index in [1.165, 1.54) is 11.0 Å². The Bertz CT molecular complexity index is 1900. The lowest BCUT2D eigenvalue weighted by molar-refractivity contribution is -0.150. The standard InChI is InChI=1S/C38H46N4O9S/c1-6-23-20-38(23,36(47)41-52(48,49)26-13-14-26)40-34(45)31-17-25(21-42(31)35(46)28(18-33(43)44)37(2,3)4)51-32-19-29(22-10-8-7-9-11-22)39-30-16-24(50-5)12-15-27(30)32/h6-12,15-16,19,23,25-26,28-29,31,39H,1,13-14,17-18,20-21H2,2-5H3,(H,40,45)(H,41,47)(H,43,44)/t23?,25-,28-,29?,31+,38?/m1/s1. The third-order valence-electron chi connectivity index (χ3n) is 10.4. The molecule has 2 aromatic rings. The number of nitrogens with one attached hydrogen (secondary N) is 3. The van der Waals surface area contributed by atoms with Gasteiger partial charge in [0.25, 0.3) is 5.91 Å². The molecule has 1 saturated heterocycles. The topological polar surface area (TPSA) is 180 Å². The average Bonchev–Trinajstić information content (AvgIpc) is 4.03. The Labute approximate surface area is 303 Å². The predicted molar refractivity (Wildman–Crippen MR) is 193 cm³/mol. The highest BCUT2D eigenvalue weighted by atomic mass is 32.2. The number of benzene rings is 2. The Morgan fingerprint density at radius 2 is 1.85 bits per heavy atom. The molecule has 0 aromatic heterocycles. The largest absolute Gasteiger partial charge is 0.497 e. The summed E-state index contributed by atoms with van der Waals surface area (Å²) < 4.78 is 39.6. The fourth-order valence-electron chi connectivity index (χ4n) is 7.09. The summed E-state index contributed by atoms with van der Waals surface area (Å²) in [5.41, 5.74) is 0.163. The molecule has 6 rings (SSSR count). The molecular weight excluding hydrogens is 689 g/mol. The van der Waals surface area contributed by atoms with Crippen LogP contribution in [0.1, 0.15) is 70.0 Å². The van der Waals surface area contributed by atoms with Crippen LogP contribution in [0.25, 0.3) is 5.76 Å². The van der Waals surface area contributed by atoms with E-state index in [-0.39, 0.29) is 25.4 Å². The zero-order chi connectivity index (χ0) is 37.6. The molecule has 3 fully saturated rings. The van der Waals surface area contributed by atoms with Gasteiger partial charge in [-0.2, -0.15) is 0 Å². The van der Waals surface area contributed by atoms with Crippen LogP contribution in [-0.2, 0) is 33.9 Å². The first-order valence-corrected chi connectivity index (χ1v) is 19.0. The Morgan fingerprint density at radius 1 is 1.13 bits per heavy atom. The highest BCUT2D eigenvalue weighted by Gasteiger charge is 2.62. The van der Waals surface area contributed by atoms with Crippen LogP contribution in [0, 0.1) is 17.3 Å². The maximum absolute atomic E-state index is 14.3. The minimum Gasteiger partial charge on any atom is -0.497 e. The van der Waals surface area contributed by atoms with Crippen molar-refractivity contribution in [3.8, 4) is 5.75 Å². The number of hydrogen-bond acceptors (Lipinski definition) is 9. The second-order valence-electron chi connectivity index (χ2n) is 15.2. The molecule has 6 atom stereocenters. The monoisotopic (exact) mass is 734 g/mol. The number of ether oxygens (including phenoxy) is 2. The van der Waals surface area contributed by atoms with Gasteiger partial charge in [-0.05, 0) is 48.4 Å². The van der Waals surface area contributed by atoms with Crippen LogP contribution in [-0.4, -0.2) is 78.7 Å². The molecule has 13 nitrogen and oxygen atoms in total. The van der Waals surface area contributed by atoms with Crippen molar-refractivity contribution in [3.05, 3.63) is 78.4 Å². The van der Waals surface area contributed by atoms with Crippen LogP contribution >= 0.6 is 0 Å². The summed E-state index contributed by atoms with van der Waals surface area (Å²) in [4.78, 5) is 55.3. The van der Waals surface area contributed by atoms with Crippen molar-refractivity contribution in [2.75, 3.05) is 19.0 Å². The zero-order valence-corrected chi connectivity index (χ0v) is 30.6. The van der Waals surface area contributed by atoms with Gasteiger partial charge in [0.15, 0.2) is 0 Å². The van der Waals surface area contributed by atoms with Crippen LogP contribution in [0.5, 0.6) is 5.75 Å². The van der Waals surface area contributed by atoms with E-state index in [0.717, 1.165) is 16.8 Å². The van der Waals surface area contributed by atoms with E-state index in [1.807, 2.05) is 48.5 Å². The molecule has 2 aromatic carbocycles. The van der Waals surface area contributed by atoms with Crippen molar-refractivity contribution in [2.45, 2.75) is 81.9 Å². The van der Waals surface area contributed by atoms with Crippen molar-refractivity contribution in [2.24, 2.45) is 17.3 Å². The van der Waals surface area contributed by atoms with Gasteiger partial charge in [-0.1, -0.05) is 57.2 Å². The number of amides is 3. The fraction of sp³-hybridized carbons (Fsp3) is 0.474. The maximum Gasteiger partial charge on any atom is 0.304 e. The van der Waals surface area contributed by atoms with Crippen molar-refractivity contribution < 1.29 is 42.2 Å². The van der Waals surface area contributed by atoms with Gasteiger partial charge in [-0.15, -0.1) is 6.58 Å². The Kier molecular flexibility index (Phi) is 9.90. The number of carboxylic acid groups (broad SMARTS) is 1. The molecule has 0 bridgehead atoms. The van der Waals surface area contributed by atoms with Crippen molar-refractivity contribution in [1.29, 1.82) is 0 Å². The van der Waals surface area contributed by atoms with E-state index in [2.05, 4.69) is 21.9 Å². The molecule has 2 aliphatic carbocycles. The van der Waals surface area contributed by atoms with E-state index >= 15 is 0 Å². The van der Waals surface area contributed by atoms with E-state index in [9.17, 15) is 32.7 Å². The summed E-state index contributed by atoms with van der Waals surface area (Å²) in [7, 11) is -2.32. The number of methoxy groups -OCH3 is 1. The minimum absolute atomic E-state index is 0.0322. The lowest BCUT2D eigenvalue weighted by atomic mass is 9.77. The smallest absolute Gasteiger partial charge is 0.304 e. The second-order valence-corrected chi connectivity index (χ2v) is 17.1. The van der Waals surface area contributed by atoms with E-state index in [4.69, 9.17) is 9.47 Å². The number of rotatable bonds is 13. The molecule has 3 amide bonds. The molecule has 2 heterocycles. The Hall–Kier alpha value is -4.85. The number of nitrogens with zero attached hydrogens (tertiary/aromatic N) is 1. The SMILES string of the molecule is C=CC1CC1(NC(=O)[C@@H]1C[C@@H](OC2=CC(c3ccccc3)Nc3cc(OC)ccc32)CN1C(=O)[C@@H](CC(=O)O)C(C)(C)C)C(=O)NS(=O)(=O)C1CC1. The van der Waals surface area contributed by atoms with Crippen LogP contribution in [0.3, 0.4) is 0 Å². The molecule has 278 valence electrons. The van der Waals surface area contributed by atoms with Gasteiger partial charge >= 0.3 is 5.97 Å². The van der Waals surface area contributed by atoms with Crippen LogP contribution < -0.4 is 20.1 Å². The van der Waals surface area contributed by atoms with Gasteiger partial charge in [0, 0.05) is 29.7 Å². The summed E-state index contributed by atoms with van der Waals surface area (Å²) in [5.74, 6) is -3.54.